The predicted octanol–water partition coefficient (Wildman–Crippen LogP) is 2.91. The first-order valence-electron chi connectivity index (χ1n) is 8.56. The van der Waals surface area contributed by atoms with Crippen LogP contribution in [-0.2, 0) is 22.5 Å². The molecule has 0 unspecified atom stereocenters. The molecule has 1 N–H and O–H groups in total. The third kappa shape index (κ3) is 5.88. The van der Waals surface area contributed by atoms with Gasteiger partial charge in [0, 0.05) is 19.2 Å². The molecule has 0 radical (unpaired) electrons. The first-order chi connectivity index (χ1) is 12.6. The number of hydrogen-bond acceptors (Lipinski definition) is 5. The van der Waals surface area contributed by atoms with Gasteiger partial charge < -0.3 is 14.8 Å². The number of benzene rings is 1. The highest BCUT2D eigenvalue weighted by molar-refractivity contribution is 5.92. The summed E-state index contributed by atoms with van der Waals surface area (Å²) in [7, 11) is 3.02. The van der Waals surface area contributed by atoms with E-state index in [0.29, 0.717) is 18.7 Å². The van der Waals surface area contributed by atoms with Gasteiger partial charge in [0.2, 0.25) is 0 Å². The summed E-state index contributed by atoms with van der Waals surface area (Å²) >= 11 is 0. The van der Waals surface area contributed by atoms with Gasteiger partial charge in [-0.05, 0) is 54.7 Å². The Kier molecular flexibility index (Phi) is 7.61. The molecule has 0 aliphatic heterocycles. The molecule has 2 rings (SSSR count). The molecule has 0 bridgehead atoms. The zero-order valence-corrected chi connectivity index (χ0v) is 15.2. The monoisotopic (exact) mass is 356 g/mol. The fourth-order valence-electron chi connectivity index (χ4n) is 2.58. The Bertz CT molecular complexity index is 732. The molecule has 6 nitrogen and oxygen atoms in total. The van der Waals surface area contributed by atoms with Gasteiger partial charge in [0.15, 0.2) is 0 Å². The Morgan fingerprint density at radius 2 is 1.92 bits per heavy atom. The van der Waals surface area contributed by atoms with E-state index >= 15 is 0 Å². The van der Waals surface area contributed by atoms with Crippen LogP contribution in [0.25, 0.3) is 0 Å². The minimum Gasteiger partial charge on any atom is -0.497 e. The number of aryl methyl sites for hydroxylation is 1. The maximum atomic E-state index is 12.2. The van der Waals surface area contributed by atoms with Crippen molar-refractivity contribution in [2.75, 3.05) is 14.2 Å². The van der Waals surface area contributed by atoms with Gasteiger partial charge in [-0.1, -0.05) is 12.1 Å². The fraction of sp³-hybridized carbons (Fsp3) is 0.350. The van der Waals surface area contributed by atoms with Gasteiger partial charge >= 0.3 is 5.97 Å². The number of amides is 1. The Morgan fingerprint density at radius 3 is 2.62 bits per heavy atom. The molecule has 0 saturated heterocycles. The van der Waals surface area contributed by atoms with Crippen molar-refractivity contribution in [2.24, 2.45) is 0 Å². The average Bonchev–Trinajstić information content (AvgIpc) is 2.70. The van der Waals surface area contributed by atoms with E-state index in [-0.39, 0.29) is 11.9 Å². The maximum Gasteiger partial charge on any atom is 0.305 e. The number of aromatic nitrogens is 1. The molecule has 26 heavy (non-hydrogen) atoms. The van der Waals surface area contributed by atoms with Gasteiger partial charge in [-0.3, -0.25) is 14.6 Å². The Labute approximate surface area is 153 Å². The lowest BCUT2D eigenvalue weighted by Gasteiger charge is -2.12. The van der Waals surface area contributed by atoms with Crippen LogP contribution in [0.15, 0.2) is 42.6 Å². The fourth-order valence-corrected chi connectivity index (χ4v) is 2.58. The number of ether oxygens (including phenoxy) is 2. The highest BCUT2D eigenvalue weighted by Crippen LogP contribution is 2.20. The molecule has 1 heterocycles. The molecule has 1 aromatic heterocycles. The molecule has 6 heteroatoms. The molecule has 138 valence electrons. The molecule has 0 spiro atoms. The molecule has 1 aromatic carbocycles. The standard InChI is InChI=1S/C20H24N2O4/c1-25-17-11-10-16(14-22-20(24)18-8-5-6-12-21-18)15(13-17)7-3-4-9-19(23)26-2/h5-6,8,10-13H,3-4,7,9,14H2,1-2H3,(H,22,24). The van der Waals surface area contributed by atoms with Gasteiger partial charge in [0.05, 0.1) is 14.2 Å². The lowest BCUT2D eigenvalue weighted by molar-refractivity contribution is -0.140. The number of rotatable bonds is 9. The lowest BCUT2D eigenvalue weighted by Crippen LogP contribution is -2.24. The van der Waals surface area contributed by atoms with Crippen LogP contribution >= 0.6 is 0 Å². The van der Waals surface area contributed by atoms with Gasteiger partial charge in [-0.15, -0.1) is 0 Å². The van der Waals surface area contributed by atoms with Crippen LogP contribution in [0.2, 0.25) is 0 Å². The molecule has 0 fully saturated rings. The number of nitrogens with one attached hydrogen (secondary N) is 1. The van der Waals surface area contributed by atoms with E-state index in [0.717, 1.165) is 36.1 Å². The van der Waals surface area contributed by atoms with Crippen LogP contribution in [0.5, 0.6) is 5.75 Å². The van der Waals surface area contributed by atoms with E-state index in [2.05, 4.69) is 15.0 Å². The molecule has 0 saturated carbocycles. The van der Waals surface area contributed by atoms with Crippen LogP contribution in [0.4, 0.5) is 0 Å². The lowest BCUT2D eigenvalue weighted by atomic mass is 10.0. The highest BCUT2D eigenvalue weighted by Gasteiger charge is 2.10. The van der Waals surface area contributed by atoms with Gasteiger partial charge in [0.1, 0.15) is 11.4 Å². The number of esters is 1. The van der Waals surface area contributed by atoms with Crippen LogP contribution in [0.1, 0.15) is 40.9 Å². The minimum atomic E-state index is -0.210. The van der Waals surface area contributed by atoms with Gasteiger partial charge in [-0.25, -0.2) is 0 Å². The summed E-state index contributed by atoms with van der Waals surface area (Å²) in [5.41, 5.74) is 2.50. The summed E-state index contributed by atoms with van der Waals surface area (Å²) in [5.74, 6) is 0.365. The third-order valence-corrected chi connectivity index (χ3v) is 4.06. The average molecular weight is 356 g/mol. The van der Waals surface area contributed by atoms with E-state index < -0.39 is 0 Å². The molecule has 0 atom stereocenters. The quantitative estimate of drug-likeness (QED) is 0.552. The van der Waals surface area contributed by atoms with E-state index in [1.807, 2.05) is 18.2 Å². The second kappa shape index (κ2) is 10.2. The normalized spacial score (nSPS) is 10.2. The summed E-state index contributed by atoms with van der Waals surface area (Å²) in [6.45, 7) is 0.408. The van der Waals surface area contributed by atoms with E-state index in [9.17, 15) is 9.59 Å². The largest absolute Gasteiger partial charge is 0.497 e. The number of unbranched alkanes of at least 4 members (excludes halogenated alkanes) is 1. The smallest absolute Gasteiger partial charge is 0.305 e. The Morgan fingerprint density at radius 1 is 1.08 bits per heavy atom. The number of hydrogen-bond donors (Lipinski definition) is 1. The summed E-state index contributed by atoms with van der Waals surface area (Å²) in [6.07, 6.45) is 4.40. The number of carbonyl (C=O) groups excluding carboxylic acids is 2. The maximum absolute atomic E-state index is 12.2. The van der Waals surface area contributed by atoms with E-state index in [1.165, 1.54) is 7.11 Å². The summed E-state index contributed by atoms with van der Waals surface area (Å²) < 4.78 is 9.95. The molecule has 2 aromatic rings. The van der Waals surface area contributed by atoms with E-state index in [4.69, 9.17) is 4.74 Å². The minimum absolute atomic E-state index is 0.196. The summed E-state index contributed by atoms with van der Waals surface area (Å²) in [6, 6.07) is 11.0. The van der Waals surface area contributed by atoms with Gasteiger partial charge in [0.25, 0.3) is 5.91 Å². The van der Waals surface area contributed by atoms with Crippen molar-refractivity contribution in [1.82, 2.24) is 10.3 Å². The van der Waals surface area contributed by atoms with Crippen molar-refractivity contribution in [1.29, 1.82) is 0 Å². The molecular formula is C20H24N2O4. The molecule has 0 aliphatic rings. The highest BCUT2D eigenvalue weighted by atomic mass is 16.5. The van der Waals surface area contributed by atoms with Crippen molar-refractivity contribution >= 4 is 11.9 Å². The van der Waals surface area contributed by atoms with Crippen LogP contribution in [0.3, 0.4) is 0 Å². The number of methoxy groups -OCH3 is 2. The van der Waals surface area contributed by atoms with Crippen molar-refractivity contribution in [2.45, 2.75) is 32.2 Å². The number of pyridine rings is 1. The topological polar surface area (TPSA) is 77.5 Å². The Balaban J connectivity index is 1.98. The van der Waals surface area contributed by atoms with Crippen molar-refractivity contribution in [3.8, 4) is 5.75 Å². The third-order valence-electron chi connectivity index (χ3n) is 4.06. The second-order valence-electron chi connectivity index (χ2n) is 5.82. The first kappa shape index (κ1) is 19.4. The van der Waals surface area contributed by atoms with Crippen molar-refractivity contribution in [3.63, 3.8) is 0 Å². The summed E-state index contributed by atoms with van der Waals surface area (Å²) in [5, 5.41) is 2.89. The van der Waals surface area contributed by atoms with E-state index in [1.54, 1.807) is 31.5 Å². The zero-order chi connectivity index (χ0) is 18.8. The summed E-state index contributed by atoms with van der Waals surface area (Å²) in [4.78, 5) is 27.4. The number of carbonyl (C=O) groups is 2. The second-order valence-corrected chi connectivity index (χ2v) is 5.82. The molecule has 1 amide bonds. The van der Waals surface area contributed by atoms with Crippen LogP contribution < -0.4 is 10.1 Å². The van der Waals surface area contributed by atoms with Crippen molar-refractivity contribution in [3.05, 3.63) is 59.4 Å². The number of nitrogens with zero attached hydrogens (tertiary/aromatic N) is 1. The molecule has 0 aliphatic carbocycles. The molecular weight excluding hydrogens is 332 g/mol. The zero-order valence-electron chi connectivity index (χ0n) is 15.2. The Hall–Kier alpha value is -2.89. The predicted molar refractivity (Wildman–Crippen MR) is 98.0 cm³/mol. The van der Waals surface area contributed by atoms with Crippen molar-refractivity contribution < 1.29 is 19.1 Å². The van der Waals surface area contributed by atoms with Crippen LogP contribution in [0, 0.1) is 0 Å². The van der Waals surface area contributed by atoms with Crippen LogP contribution in [-0.4, -0.2) is 31.1 Å². The van der Waals surface area contributed by atoms with Gasteiger partial charge in [-0.2, -0.15) is 0 Å². The SMILES string of the molecule is COC(=O)CCCCc1cc(OC)ccc1CNC(=O)c1ccccn1. The first-order valence-corrected chi connectivity index (χ1v) is 8.56.